The molecule has 0 unspecified atom stereocenters. The van der Waals surface area contributed by atoms with Crippen molar-refractivity contribution in [1.82, 2.24) is 42.5 Å². The van der Waals surface area contributed by atoms with Crippen LogP contribution in [0.25, 0.3) is 0 Å². The van der Waals surface area contributed by atoms with Crippen molar-refractivity contribution in [3.63, 3.8) is 0 Å². The Morgan fingerprint density at radius 3 is 0.926 bits per heavy atom. The Hall–Kier alpha value is -11.2. The van der Waals surface area contributed by atoms with Crippen molar-refractivity contribution in [3.05, 3.63) is 95.1 Å². The maximum atomic E-state index is 14.4. The molecule has 34 nitrogen and oxygen atoms in total. The predicted octanol–water partition coefficient (Wildman–Crippen LogP) is 0.110. The van der Waals surface area contributed by atoms with Gasteiger partial charge >= 0.3 is 0 Å². The number of guanidine groups is 4. The number of methoxy groups -OCH3 is 4. The molecule has 4 aromatic rings. The third-order valence-electron chi connectivity index (χ3n) is 14.2. The van der Waals surface area contributed by atoms with Gasteiger partial charge in [-0.05, 0) is 144 Å². The standard InChI is InChI=1S/C61H90N22O12/c1-92-46-20-17-35(30-38(46)50(84)72-25-7-5-6-24-62)78-55(89)43(13-9-27-74-59(66)67)82-52(86)40-32-37(19-22-48(40)94-3)80-57(91)45(15-11-29-76-61(70)71)83-53(87)41-33-36(18-23-49(41)95-4)79-56(90)44(14-10-28-75-60(68)69)81-51(85)39-31-34(16-21-47(39)93-2)77-54(88)42(63)12-8-26-73-58(64)65/h16-23,30-33,42-45H,5-15,24-29,62-63H2,1-4H3,(H,72,84)(H,77,88)(H,78,89)(H,79,90)(H,80,91)(H,81,85)(H,82,86)(H,83,87)(H4,64,65,73)(H4,66,67,74)(H4,68,69,75)(H4,70,71,76)/t42-,43-,44-,45-/m1/s1. The highest BCUT2D eigenvalue weighted by atomic mass is 16.5. The Bertz CT molecular complexity index is 3350. The minimum Gasteiger partial charge on any atom is -0.496 e. The molecule has 0 saturated carbocycles. The number of amides is 8. The number of hydrogen-bond donors (Lipinski definition) is 22. The fourth-order valence-corrected chi connectivity index (χ4v) is 9.30. The van der Waals surface area contributed by atoms with Crippen LogP contribution in [-0.4, -0.2) is 163 Å². The zero-order chi connectivity index (χ0) is 70.0. The van der Waals surface area contributed by atoms with E-state index in [1.54, 1.807) is 0 Å². The van der Waals surface area contributed by atoms with E-state index >= 15 is 0 Å². The van der Waals surface area contributed by atoms with E-state index in [0.717, 1.165) is 12.8 Å². The van der Waals surface area contributed by atoms with Crippen LogP contribution in [0.2, 0.25) is 0 Å². The highest BCUT2D eigenvalue weighted by molar-refractivity contribution is 6.08. The van der Waals surface area contributed by atoms with Crippen LogP contribution in [0.4, 0.5) is 22.7 Å². The maximum Gasteiger partial charge on any atom is 0.255 e. The fraction of sp³-hybridized carbons (Fsp3) is 0.410. The lowest BCUT2D eigenvalue weighted by Gasteiger charge is -2.22. The zero-order valence-corrected chi connectivity index (χ0v) is 53.6. The first-order chi connectivity index (χ1) is 45.4. The summed E-state index contributed by atoms with van der Waals surface area (Å²) in [6.07, 6.45) is 3.63. The first kappa shape index (κ1) is 76.3. The fourth-order valence-electron chi connectivity index (χ4n) is 9.30. The molecule has 4 aromatic carbocycles. The molecule has 0 fully saturated rings. The van der Waals surface area contributed by atoms with Crippen molar-refractivity contribution in [3.8, 4) is 23.0 Å². The summed E-state index contributed by atoms with van der Waals surface area (Å²) < 4.78 is 22.0. The van der Waals surface area contributed by atoms with Crippen LogP contribution in [0.15, 0.2) is 72.8 Å². The summed E-state index contributed by atoms with van der Waals surface area (Å²) in [5, 5.41) is 62.6. The summed E-state index contributed by atoms with van der Waals surface area (Å²) in [5.41, 5.74) is 33.9. The smallest absolute Gasteiger partial charge is 0.255 e. The molecule has 28 N–H and O–H groups in total. The Balaban J connectivity index is 1.59. The largest absolute Gasteiger partial charge is 0.496 e. The van der Waals surface area contributed by atoms with Gasteiger partial charge in [-0.15, -0.1) is 0 Å². The maximum absolute atomic E-state index is 14.4. The van der Waals surface area contributed by atoms with Gasteiger partial charge in [-0.1, -0.05) is 6.42 Å². The molecular formula is C61H90N22O12. The summed E-state index contributed by atoms with van der Waals surface area (Å²) in [6.45, 7) is 1.67. The van der Waals surface area contributed by atoms with Gasteiger partial charge in [0, 0.05) is 55.5 Å². The van der Waals surface area contributed by atoms with Gasteiger partial charge in [0.05, 0.1) is 56.7 Å². The quantitative estimate of drug-likeness (QED) is 0.0160. The van der Waals surface area contributed by atoms with Crippen molar-refractivity contribution < 1.29 is 57.3 Å². The Morgan fingerprint density at radius 2 is 0.642 bits per heavy atom. The molecule has 8 amide bonds. The molecule has 0 aliphatic heterocycles. The van der Waals surface area contributed by atoms with E-state index in [4.69, 9.17) is 75.0 Å². The van der Waals surface area contributed by atoms with Gasteiger partial charge in [0.2, 0.25) is 23.6 Å². The second kappa shape index (κ2) is 40.0. The van der Waals surface area contributed by atoms with Crippen LogP contribution in [0.3, 0.4) is 0 Å². The van der Waals surface area contributed by atoms with E-state index in [9.17, 15) is 38.4 Å². The van der Waals surface area contributed by atoms with Crippen molar-refractivity contribution >= 4 is 93.8 Å². The van der Waals surface area contributed by atoms with Gasteiger partial charge in [-0.3, -0.25) is 60.0 Å². The average molecular weight is 1320 g/mol. The molecule has 0 aromatic heterocycles. The molecule has 0 aliphatic carbocycles. The van der Waals surface area contributed by atoms with E-state index in [0.29, 0.717) is 32.5 Å². The van der Waals surface area contributed by atoms with Gasteiger partial charge < -0.3 is 117 Å². The molecule has 34 heteroatoms. The molecular weight excluding hydrogens is 1230 g/mol. The monoisotopic (exact) mass is 1320 g/mol. The van der Waals surface area contributed by atoms with E-state index in [1.165, 1.54) is 101 Å². The number of rotatable bonds is 40. The predicted molar refractivity (Wildman–Crippen MR) is 360 cm³/mol. The Labute approximate surface area is 549 Å². The first-order valence-corrected chi connectivity index (χ1v) is 30.4. The zero-order valence-electron chi connectivity index (χ0n) is 53.6. The van der Waals surface area contributed by atoms with Gasteiger partial charge in [-0.2, -0.15) is 0 Å². The van der Waals surface area contributed by atoms with E-state index in [-0.39, 0.29) is 156 Å². The molecule has 95 heavy (non-hydrogen) atoms. The Kier molecular flexibility index (Phi) is 32.1. The summed E-state index contributed by atoms with van der Waals surface area (Å²) in [4.78, 5) is 112. The highest BCUT2D eigenvalue weighted by Crippen LogP contribution is 2.28. The lowest BCUT2D eigenvalue weighted by atomic mass is 10.1. The average Bonchev–Trinajstić information content (AvgIpc) is 0.860. The van der Waals surface area contributed by atoms with Crippen molar-refractivity contribution in [1.29, 1.82) is 21.6 Å². The number of benzene rings is 4. The number of nitrogens with one attached hydrogen (secondary N) is 16. The van der Waals surface area contributed by atoms with Crippen LogP contribution in [-0.2, 0) is 19.2 Å². The van der Waals surface area contributed by atoms with Crippen LogP contribution in [0.5, 0.6) is 23.0 Å². The number of unbranched alkanes of at least 4 members (excludes halogenated alkanes) is 2. The van der Waals surface area contributed by atoms with Gasteiger partial charge in [0.25, 0.3) is 23.6 Å². The summed E-state index contributed by atoms with van der Waals surface area (Å²) in [6, 6.07) is 12.3. The second-order valence-corrected chi connectivity index (χ2v) is 21.3. The van der Waals surface area contributed by atoms with E-state index in [2.05, 4.69) is 63.8 Å². The third-order valence-corrected chi connectivity index (χ3v) is 14.2. The SMILES string of the molecule is COc1ccc(NC(=O)[C@@H](CCCNC(=N)N)NC(=O)c2cc(NC(=O)[C@@H](CCCNC(=N)N)NC(=O)c3cc(NC(=O)[C@@H](CCCNC(=N)N)NC(=O)c4cc(NC(=O)[C@H](N)CCCNC(=N)N)ccc4OC)ccc3OC)ccc2OC)cc1C(=O)NCCCCCN. The Morgan fingerprint density at radius 1 is 0.368 bits per heavy atom. The van der Waals surface area contributed by atoms with E-state index in [1.807, 2.05) is 0 Å². The molecule has 0 spiro atoms. The summed E-state index contributed by atoms with van der Waals surface area (Å²) in [5.74, 6) is -6.36. The van der Waals surface area contributed by atoms with Crippen LogP contribution in [0, 0.1) is 21.6 Å². The number of anilines is 4. The second-order valence-electron chi connectivity index (χ2n) is 21.3. The molecule has 0 bridgehead atoms. The number of ether oxygens (including phenoxy) is 4. The third kappa shape index (κ3) is 26.2. The molecule has 0 heterocycles. The lowest BCUT2D eigenvalue weighted by molar-refractivity contribution is -0.118. The van der Waals surface area contributed by atoms with E-state index < -0.39 is 71.4 Å². The number of hydrogen-bond acceptors (Lipinski definition) is 18. The van der Waals surface area contributed by atoms with Crippen molar-refractivity contribution in [2.45, 2.75) is 94.8 Å². The minimum atomic E-state index is -1.33. The molecule has 0 radical (unpaired) electrons. The normalized spacial score (nSPS) is 11.9. The van der Waals surface area contributed by atoms with Crippen LogP contribution < -0.4 is 117 Å². The summed E-state index contributed by atoms with van der Waals surface area (Å²) in [7, 11) is 5.34. The van der Waals surface area contributed by atoms with Crippen LogP contribution >= 0.6 is 0 Å². The number of nitrogens with two attached hydrogens (primary N) is 6. The number of carbonyl (C=O) groups excluding carboxylic acids is 8. The van der Waals surface area contributed by atoms with Crippen LogP contribution in [0.1, 0.15) is 112 Å². The van der Waals surface area contributed by atoms with Gasteiger partial charge in [-0.25, -0.2) is 0 Å². The molecule has 0 saturated heterocycles. The molecule has 516 valence electrons. The molecule has 4 atom stereocenters. The molecule has 0 aliphatic rings. The topological polar surface area (TPSA) is 569 Å². The first-order valence-electron chi connectivity index (χ1n) is 30.4. The molecule has 4 rings (SSSR count). The minimum absolute atomic E-state index is 0.00551. The lowest BCUT2D eigenvalue weighted by Crippen LogP contribution is -2.45. The van der Waals surface area contributed by atoms with Crippen molar-refractivity contribution in [2.75, 3.05) is 89.0 Å². The van der Waals surface area contributed by atoms with Gasteiger partial charge in [0.1, 0.15) is 41.1 Å². The van der Waals surface area contributed by atoms with Gasteiger partial charge in [0.15, 0.2) is 23.8 Å². The summed E-state index contributed by atoms with van der Waals surface area (Å²) >= 11 is 0. The number of carbonyl (C=O) groups is 8. The van der Waals surface area contributed by atoms with Crippen molar-refractivity contribution in [2.24, 2.45) is 34.4 Å². The highest BCUT2D eigenvalue weighted by Gasteiger charge is 2.29.